The lowest BCUT2D eigenvalue weighted by molar-refractivity contribution is -0.144. The zero-order chi connectivity index (χ0) is 6.78. The molecule has 0 saturated heterocycles. The van der Waals surface area contributed by atoms with Crippen molar-refractivity contribution in [2.75, 3.05) is 0 Å². The van der Waals surface area contributed by atoms with E-state index in [9.17, 15) is 9.18 Å². The van der Waals surface area contributed by atoms with Crippen molar-refractivity contribution in [3.05, 3.63) is 0 Å². The fourth-order valence-electron chi connectivity index (χ4n) is 0.151. The van der Waals surface area contributed by atoms with Crippen molar-refractivity contribution < 1.29 is 14.3 Å². The van der Waals surface area contributed by atoms with Gasteiger partial charge in [0.25, 0.3) is 4.58 Å². The van der Waals surface area contributed by atoms with Crippen molar-refractivity contribution in [3.8, 4) is 0 Å². The molecule has 0 aromatic carbocycles. The van der Waals surface area contributed by atoms with Crippen LogP contribution in [0.1, 0.15) is 13.3 Å². The van der Waals surface area contributed by atoms with Gasteiger partial charge in [-0.25, -0.2) is 9.18 Å². The number of carboxylic acids is 1. The molecule has 1 N–H and O–H groups in total. The van der Waals surface area contributed by atoms with Crippen molar-refractivity contribution in [2.24, 2.45) is 0 Å². The first kappa shape index (κ1) is 7.88. The first-order valence-corrected chi connectivity index (χ1v) is 2.91. The average molecular weight is 185 g/mol. The highest BCUT2D eigenvalue weighted by atomic mass is 79.9. The summed E-state index contributed by atoms with van der Waals surface area (Å²) in [6.45, 7) is 1.45. The molecule has 4 heteroatoms. The van der Waals surface area contributed by atoms with Crippen LogP contribution in [0.25, 0.3) is 0 Å². The Morgan fingerprint density at radius 2 is 2.38 bits per heavy atom. The molecule has 0 rings (SSSR count). The van der Waals surface area contributed by atoms with Gasteiger partial charge in [0.2, 0.25) is 0 Å². The zero-order valence-corrected chi connectivity index (χ0v) is 5.90. The third-order valence-corrected chi connectivity index (χ3v) is 1.66. The molecule has 0 radical (unpaired) electrons. The van der Waals surface area contributed by atoms with Crippen LogP contribution in [0.3, 0.4) is 0 Å². The van der Waals surface area contributed by atoms with E-state index in [2.05, 4.69) is 15.9 Å². The molecular weight excluding hydrogens is 179 g/mol. The van der Waals surface area contributed by atoms with Crippen LogP contribution in [-0.2, 0) is 4.79 Å². The molecule has 8 heavy (non-hydrogen) atoms. The summed E-state index contributed by atoms with van der Waals surface area (Å²) < 4.78 is 10.0. The van der Waals surface area contributed by atoms with Gasteiger partial charge in [-0.3, -0.25) is 0 Å². The predicted molar refractivity (Wildman–Crippen MR) is 30.7 cm³/mol. The number of hydrogen-bond acceptors (Lipinski definition) is 1. The number of carboxylic acid groups (broad SMARTS) is 1. The summed E-state index contributed by atoms with van der Waals surface area (Å²) in [7, 11) is 0. The SMILES string of the molecule is CC[C@@](F)(Br)C(=O)O. The Morgan fingerprint density at radius 1 is 2.00 bits per heavy atom. The van der Waals surface area contributed by atoms with Crippen molar-refractivity contribution in [3.63, 3.8) is 0 Å². The summed E-state index contributed by atoms with van der Waals surface area (Å²) in [5.74, 6) is -1.47. The second-order valence-electron chi connectivity index (χ2n) is 1.36. The second kappa shape index (κ2) is 2.44. The topological polar surface area (TPSA) is 37.3 Å². The van der Waals surface area contributed by atoms with Crippen LogP contribution in [0.2, 0.25) is 0 Å². The number of aliphatic carboxylic acids is 1. The minimum atomic E-state index is -2.23. The average Bonchev–Trinajstić information content (AvgIpc) is 1.67. The van der Waals surface area contributed by atoms with Crippen molar-refractivity contribution in [1.29, 1.82) is 0 Å². The van der Waals surface area contributed by atoms with Gasteiger partial charge in [-0.15, -0.1) is 0 Å². The van der Waals surface area contributed by atoms with Gasteiger partial charge in [0, 0.05) is 0 Å². The quantitative estimate of drug-likeness (QED) is 0.662. The molecule has 0 aliphatic heterocycles. The molecular formula is C4H6BrFO2. The Bertz CT molecular complexity index is 102. The van der Waals surface area contributed by atoms with E-state index >= 15 is 0 Å². The van der Waals surface area contributed by atoms with Crippen LogP contribution in [0.5, 0.6) is 0 Å². The molecule has 0 saturated carbocycles. The summed E-state index contributed by atoms with van der Waals surface area (Å²) in [4.78, 5) is 9.83. The zero-order valence-electron chi connectivity index (χ0n) is 4.32. The fraction of sp³-hybridized carbons (Fsp3) is 0.750. The van der Waals surface area contributed by atoms with Crippen molar-refractivity contribution in [2.45, 2.75) is 17.9 Å². The number of halogens is 2. The van der Waals surface area contributed by atoms with Gasteiger partial charge >= 0.3 is 5.97 Å². The van der Waals surface area contributed by atoms with Gasteiger partial charge in [-0.05, 0) is 22.4 Å². The highest BCUT2D eigenvalue weighted by molar-refractivity contribution is 9.10. The van der Waals surface area contributed by atoms with Gasteiger partial charge < -0.3 is 5.11 Å². The molecule has 0 spiro atoms. The molecule has 0 aliphatic rings. The minimum absolute atomic E-state index is 0.0671. The summed E-state index contributed by atoms with van der Waals surface area (Å²) in [6.07, 6.45) is -0.0671. The number of rotatable bonds is 2. The molecule has 0 heterocycles. The largest absolute Gasteiger partial charge is 0.478 e. The smallest absolute Gasteiger partial charge is 0.352 e. The second-order valence-corrected chi connectivity index (χ2v) is 2.62. The molecule has 0 fully saturated rings. The van der Waals surface area contributed by atoms with E-state index in [1.165, 1.54) is 6.92 Å². The lowest BCUT2D eigenvalue weighted by atomic mass is 10.3. The minimum Gasteiger partial charge on any atom is -0.478 e. The normalized spacial score (nSPS) is 17.4. The summed E-state index contributed by atoms with van der Waals surface area (Å²) >= 11 is 2.38. The lowest BCUT2D eigenvalue weighted by Gasteiger charge is -2.07. The van der Waals surface area contributed by atoms with Crippen LogP contribution in [-0.4, -0.2) is 15.7 Å². The number of carbonyl (C=O) groups is 1. The third kappa shape index (κ3) is 1.78. The standard InChI is InChI=1S/C4H6BrFO2/c1-2-4(5,6)3(7)8/h2H2,1H3,(H,7,8)/t4-/m0/s1. The Labute approximate surface area is 54.8 Å². The van der Waals surface area contributed by atoms with Crippen molar-refractivity contribution >= 4 is 21.9 Å². The number of alkyl halides is 2. The van der Waals surface area contributed by atoms with Crippen LogP contribution in [0, 0.1) is 0 Å². The van der Waals surface area contributed by atoms with Gasteiger partial charge in [0.15, 0.2) is 0 Å². The van der Waals surface area contributed by atoms with Crippen molar-refractivity contribution in [1.82, 2.24) is 0 Å². The number of hydrogen-bond donors (Lipinski definition) is 1. The fourth-order valence-corrected chi connectivity index (χ4v) is 0.151. The summed E-state index contributed by atoms with van der Waals surface area (Å²) in [5, 5.41) is 8.02. The molecule has 0 aromatic heterocycles. The molecule has 1 atom stereocenters. The highest BCUT2D eigenvalue weighted by Gasteiger charge is 2.32. The van der Waals surface area contributed by atoms with E-state index in [-0.39, 0.29) is 6.42 Å². The van der Waals surface area contributed by atoms with Gasteiger partial charge in [0.05, 0.1) is 0 Å². The molecule has 0 aliphatic carbocycles. The predicted octanol–water partition coefficient (Wildman–Crippen LogP) is 1.54. The molecule has 0 aromatic rings. The van der Waals surface area contributed by atoms with Gasteiger partial charge in [-0.1, -0.05) is 6.92 Å². The van der Waals surface area contributed by atoms with Crippen LogP contribution < -0.4 is 0 Å². The summed E-state index contributed by atoms with van der Waals surface area (Å²) in [6, 6.07) is 0. The van der Waals surface area contributed by atoms with Crippen LogP contribution in [0.15, 0.2) is 0 Å². The van der Waals surface area contributed by atoms with Gasteiger partial charge in [0.1, 0.15) is 0 Å². The molecule has 48 valence electrons. The molecule has 0 bridgehead atoms. The van der Waals surface area contributed by atoms with Crippen LogP contribution >= 0.6 is 15.9 Å². The molecule has 2 nitrogen and oxygen atoms in total. The maximum absolute atomic E-state index is 12.3. The van der Waals surface area contributed by atoms with Gasteiger partial charge in [-0.2, -0.15) is 0 Å². The lowest BCUT2D eigenvalue weighted by Crippen LogP contribution is -2.24. The Balaban J connectivity index is 3.91. The van der Waals surface area contributed by atoms with E-state index in [4.69, 9.17) is 5.11 Å². The summed E-state index contributed by atoms with van der Waals surface area (Å²) in [5.41, 5.74) is 0. The van der Waals surface area contributed by atoms with E-state index in [1.807, 2.05) is 0 Å². The third-order valence-electron chi connectivity index (χ3n) is 0.757. The Kier molecular flexibility index (Phi) is 2.40. The molecule has 0 unspecified atom stereocenters. The maximum atomic E-state index is 12.3. The van der Waals surface area contributed by atoms with E-state index in [0.717, 1.165) is 0 Å². The van der Waals surface area contributed by atoms with E-state index in [0.29, 0.717) is 0 Å². The Morgan fingerprint density at radius 3 is 2.38 bits per heavy atom. The van der Waals surface area contributed by atoms with Crippen LogP contribution in [0.4, 0.5) is 4.39 Å². The highest BCUT2D eigenvalue weighted by Crippen LogP contribution is 2.23. The first-order valence-electron chi connectivity index (χ1n) is 2.12. The Hall–Kier alpha value is -0.120. The molecule has 0 amide bonds. The maximum Gasteiger partial charge on any atom is 0.352 e. The van der Waals surface area contributed by atoms with E-state index in [1.54, 1.807) is 0 Å². The van der Waals surface area contributed by atoms with E-state index < -0.39 is 10.5 Å². The first-order chi connectivity index (χ1) is 3.50. The monoisotopic (exact) mass is 184 g/mol.